The topological polar surface area (TPSA) is 49.9 Å². The minimum atomic E-state index is -0.341. The number of nitrogens with zero attached hydrogens (tertiary/aromatic N) is 1. The summed E-state index contributed by atoms with van der Waals surface area (Å²) in [6, 6.07) is 0. The zero-order valence-corrected chi connectivity index (χ0v) is 4.55. The van der Waals surface area contributed by atoms with Crippen molar-refractivity contribution in [3.8, 4) is 0 Å². The van der Waals surface area contributed by atoms with Crippen LogP contribution in [0.15, 0.2) is 15.5 Å². The summed E-state index contributed by atoms with van der Waals surface area (Å²) in [5, 5.41) is 2.38. The minimum Gasteiger partial charge on any atom is -0.284 e. The predicted octanol–water partition coefficient (Wildman–Crippen LogP) is -0.725. The Morgan fingerprint density at radius 2 is 2.75 bits per heavy atom. The van der Waals surface area contributed by atoms with Crippen LogP contribution in [0.4, 0.5) is 0 Å². The van der Waals surface area contributed by atoms with Gasteiger partial charge in [-0.15, -0.1) is 0 Å². The van der Waals surface area contributed by atoms with Gasteiger partial charge in [0.25, 0.3) is 6.20 Å². The van der Waals surface area contributed by atoms with Gasteiger partial charge in [0, 0.05) is 0 Å². The van der Waals surface area contributed by atoms with Crippen LogP contribution >= 0.6 is 0 Å². The van der Waals surface area contributed by atoms with Gasteiger partial charge < -0.3 is 0 Å². The van der Waals surface area contributed by atoms with Gasteiger partial charge in [-0.3, -0.25) is 4.52 Å². The van der Waals surface area contributed by atoms with Crippen LogP contribution in [-0.2, 0) is 6.54 Å². The van der Waals surface area contributed by atoms with Gasteiger partial charge in [0.1, 0.15) is 0 Å². The van der Waals surface area contributed by atoms with Gasteiger partial charge >= 0.3 is 5.63 Å². The van der Waals surface area contributed by atoms with Gasteiger partial charge in [-0.05, 0) is 12.2 Å². The smallest absolute Gasteiger partial charge is 0.284 e. The zero-order valence-electron chi connectivity index (χ0n) is 4.55. The van der Waals surface area contributed by atoms with E-state index in [0.29, 0.717) is 0 Å². The van der Waals surface area contributed by atoms with E-state index in [0.717, 1.165) is 6.54 Å². The summed E-state index contributed by atoms with van der Waals surface area (Å²) in [5.41, 5.74) is -0.341. The lowest BCUT2D eigenvalue weighted by Crippen LogP contribution is -2.33. The fourth-order valence-electron chi connectivity index (χ4n) is 0.439. The zero-order chi connectivity index (χ0) is 5.98. The third-order valence-electron chi connectivity index (χ3n) is 0.865. The summed E-state index contributed by atoms with van der Waals surface area (Å²) >= 11 is 0. The maximum absolute atomic E-state index is 10.2. The second-order valence-electron chi connectivity index (χ2n) is 1.43. The summed E-state index contributed by atoms with van der Waals surface area (Å²) in [7, 11) is 0. The predicted molar refractivity (Wildman–Crippen MR) is 25.2 cm³/mol. The van der Waals surface area contributed by atoms with Gasteiger partial charge in [0.15, 0.2) is 6.54 Å². The molecule has 1 N–H and O–H groups in total. The van der Waals surface area contributed by atoms with Gasteiger partial charge in [-0.1, -0.05) is 4.68 Å². The Bertz CT molecular complexity index is 212. The molecule has 0 fully saturated rings. The average molecular weight is 115 g/mol. The summed E-state index contributed by atoms with van der Waals surface area (Å²) < 4.78 is 5.90. The maximum Gasteiger partial charge on any atom is 0.426 e. The summed E-state index contributed by atoms with van der Waals surface area (Å²) in [4.78, 5) is 10.2. The molecule has 0 unspecified atom stereocenters. The van der Waals surface area contributed by atoms with Crippen molar-refractivity contribution in [2.75, 3.05) is 0 Å². The molecule has 0 aliphatic rings. The van der Waals surface area contributed by atoms with E-state index in [9.17, 15) is 4.79 Å². The third-order valence-corrected chi connectivity index (χ3v) is 0.865. The molecule has 1 aromatic heterocycles. The van der Waals surface area contributed by atoms with E-state index in [-0.39, 0.29) is 5.63 Å². The van der Waals surface area contributed by atoms with Gasteiger partial charge in [-0.2, -0.15) is 0 Å². The molecule has 0 saturated carbocycles. The molecule has 1 aromatic rings. The molecule has 0 amide bonds. The second kappa shape index (κ2) is 1.81. The molecule has 4 heteroatoms. The summed E-state index contributed by atoms with van der Waals surface area (Å²) in [5.74, 6) is 0. The number of hydrogen-bond donors (Lipinski definition) is 1. The van der Waals surface area contributed by atoms with E-state index in [1.54, 1.807) is 4.68 Å². The highest BCUT2D eigenvalue weighted by Crippen LogP contribution is 1.56. The van der Waals surface area contributed by atoms with Gasteiger partial charge in [0.05, 0.1) is 0 Å². The first kappa shape index (κ1) is 5.08. The Balaban J connectivity index is 3.01. The highest BCUT2D eigenvalue weighted by molar-refractivity contribution is 4.48. The number of hydrogen-bond acceptors (Lipinski definition) is 2. The van der Waals surface area contributed by atoms with Crippen LogP contribution in [0.3, 0.4) is 0 Å². The van der Waals surface area contributed by atoms with Crippen LogP contribution in [0.25, 0.3) is 0 Å². The highest BCUT2D eigenvalue weighted by Gasteiger charge is 1.98. The Morgan fingerprint density at radius 1 is 2.00 bits per heavy atom. The SMILES string of the molecule is CC[n+]1cc(=O)o[nH]1. The molecule has 1 heterocycles. The first-order chi connectivity index (χ1) is 3.83. The van der Waals surface area contributed by atoms with Crippen molar-refractivity contribution in [1.82, 2.24) is 5.27 Å². The first-order valence-electron chi connectivity index (χ1n) is 2.41. The summed E-state index contributed by atoms with van der Waals surface area (Å²) in [6.07, 6.45) is 1.36. The van der Waals surface area contributed by atoms with Crippen LogP contribution in [0, 0.1) is 0 Å². The summed E-state index contributed by atoms with van der Waals surface area (Å²) in [6.45, 7) is 2.64. The van der Waals surface area contributed by atoms with Gasteiger partial charge in [0.2, 0.25) is 0 Å². The van der Waals surface area contributed by atoms with Crippen molar-refractivity contribution in [3.63, 3.8) is 0 Å². The van der Waals surface area contributed by atoms with E-state index in [2.05, 4.69) is 9.79 Å². The molecule has 0 aromatic carbocycles. The third kappa shape index (κ3) is 0.776. The lowest BCUT2D eigenvalue weighted by Gasteiger charge is -1.72. The Hall–Kier alpha value is -1.06. The molecule has 8 heavy (non-hydrogen) atoms. The van der Waals surface area contributed by atoms with Crippen molar-refractivity contribution < 1.29 is 9.20 Å². The second-order valence-corrected chi connectivity index (χ2v) is 1.43. The van der Waals surface area contributed by atoms with E-state index in [4.69, 9.17) is 0 Å². The van der Waals surface area contributed by atoms with Crippen molar-refractivity contribution in [1.29, 1.82) is 0 Å². The number of nitrogens with one attached hydrogen (secondary N) is 1. The fraction of sp³-hybridized carbons (Fsp3) is 0.500. The fourth-order valence-corrected chi connectivity index (χ4v) is 0.439. The molecule has 0 aliphatic carbocycles. The molecule has 0 spiro atoms. The number of aromatic nitrogens is 2. The lowest BCUT2D eigenvalue weighted by atomic mass is 10.7. The Morgan fingerprint density at radius 3 is 3.00 bits per heavy atom. The Labute approximate surface area is 45.7 Å². The van der Waals surface area contributed by atoms with Crippen molar-refractivity contribution in [2.45, 2.75) is 13.5 Å². The highest BCUT2D eigenvalue weighted by atomic mass is 16.5. The van der Waals surface area contributed by atoms with E-state index < -0.39 is 0 Å². The molecule has 44 valence electrons. The van der Waals surface area contributed by atoms with E-state index in [1.807, 2.05) is 6.92 Å². The molecule has 0 atom stereocenters. The standard InChI is InChI=1S/C4H6N2O2/c1-2-6-3-4(7)8-5-6/h3H,2H2,1H3/p+1. The number of aryl methyl sites for hydroxylation is 1. The van der Waals surface area contributed by atoms with E-state index in [1.165, 1.54) is 6.20 Å². The monoisotopic (exact) mass is 115 g/mol. The van der Waals surface area contributed by atoms with Crippen LogP contribution < -0.4 is 10.3 Å². The molecular weight excluding hydrogens is 108 g/mol. The minimum absolute atomic E-state index is 0.341. The van der Waals surface area contributed by atoms with Crippen LogP contribution in [-0.4, -0.2) is 5.27 Å². The molecule has 0 radical (unpaired) electrons. The molecule has 4 nitrogen and oxygen atoms in total. The average Bonchev–Trinajstić information content (AvgIpc) is 2.14. The van der Waals surface area contributed by atoms with Crippen molar-refractivity contribution >= 4 is 0 Å². The number of H-pyrrole nitrogens is 1. The molecule has 0 saturated heterocycles. The van der Waals surface area contributed by atoms with Crippen molar-refractivity contribution in [3.05, 3.63) is 16.6 Å². The maximum atomic E-state index is 10.2. The van der Waals surface area contributed by atoms with Gasteiger partial charge in [-0.25, -0.2) is 4.79 Å². The quantitative estimate of drug-likeness (QED) is 0.491. The number of aromatic amines is 1. The molecule has 0 aliphatic heterocycles. The molecule has 0 bridgehead atoms. The van der Waals surface area contributed by atoms with E-state index >= 15 is 0 Å². The van der Waals surface area contributed by atoms with Crippen molar-refractivity contribution in [2.24, 2.45) is 0 Å². The lowest BCUT2D eigenvalue weighted by molar-refractivity contribution is -0.759. The van der Waals surface area contributed by atoms with Crippen LogP contribution in [0.5, 0.6) is 0 Å². The van der Waals surface area contributed by atoms with Crippen LogP contribution in [0.1, 0.15) is 6.92 Å². The molecular formula is C4H7N2O2+. The largest absolute Gasteiger partial charge is 0.426 e. The normalized spacial score (nSPS) is 9.62. The molecule has 1 rings (SSSR count). The van der Waals surface area contributed by atoms with Crippen LogP contribution in [0.2, 0.25) is 0 Å². The first-order valence-corrected chi connectivity index (χ1v) is 2.41. The number of rotatable bonds is 1. The Kier molecular flexibility index (Phi) is 1.15.